The molecule has 6 heteroatoms. The molecule has 1 aliphatic heterocycles. The van der Waals surface area contributed by atoms with E-state index >= 15 is 0 Å². The lowest BCUT2D eigenvalue weighted by Crippen LogP contribution is -2.40. The zero-order valence-corrected chi connectivity index (χ0v) is 18.5. The molecule has 0 bridgehead atoms. The van der Waals surface area contributed by atoms with E-state index in [1.54, 1.807) is 6.08 Å². The first-order chi connectivity index (χ1) is 14.7. The lowest BCUT2D eigenvalue weighted by Gasteiger charge is -2.33. The fourth-order valence-corrected chi connectivity index (χ4v) is 4.23. The van der Waals surface area contributed by atoms with Gasteiger partial charge in [0.1, 0.15) is 19.3 Å². The number of para-hydroxylation sites is 3. The van der Waals surface area contributed by atoms with Crippen molar-refractivity contribution in [2.45, 2.75) is 24.9 Å². The van der Waals surface area contributed by atoms with Crippen LogP contribution in [-0.2, 0) is 0 Å². The van der Waals surface area contributed by atoms with Crippen molar-refractivity contribution in [3.63, 3.8) is 0 Å². The number of fused-ring (bicyclic) bond motifs is 1. The van der Waals surface area contributed by atoms with Crippen molar-refractivity contribution in [2.75, 3.05) is 32.8 Å². The van der Waals surface area contributed by atoms with E-state index in [1.165, 1.54) is 16.5 Å². The summed E-state index contributed by atoms with van der Waals surface area (Å²) < 4.78 is 11.4. The topological polar surface area (TPSA) is 57.7 Å². The predicted octanol–water partition coefficient (Wildman–Crippen LogP) is 4.77. The van der Waals surface area contributed by atoms with E-state index < -0.39 is 6.10 Å². The molecular formula is C25H31ClN2O3. The molecule has 1 atom stereocenters. The minimum atomic E-state index is -0.540. The van der Waals surface area contributed by atoms with Gasteiger partial charge in [-0.1, -0.05) is 43.0 Å². The van der Waals surface area contributed by atoms with E-state index in [9.17, 15) is 5.11 Å². The normalized spacial score (nSPS) is 15.9. The first-order valence-corrected chi connectivity index (χ1v) is 10.7. The summed E-state index contributed by atoms with van der Waals surface area (Å²) in [6.07, 6.45) is 5.54. The molecular weight excluding hydrogens is 412 g/mol. The van der Waals surface area contributed by atoms with Gasteiger partial charge in [-0.15, -0.1) is 12.4 Å². The Morgan fingerprint density at radius 3 is 2.48 bits per heavy atom. The summed E-state index contributed by atoms with van der Waals surface area (Å²) in [5.41, 5.74) is 2.63. The molecule has 2 heterocycles. The SMILES string of the molecule is C=CCOc1ccccc1OCC(O)CN1CCC(c2c[nH]c3ccccc23)CC1.Cl. The van der Waals surface area contributed by atoms with E-state index in [0.29, 0.717) is 30.6 Å². The lowest BCUT2D eigenvalue weighted by molar-refractivity contribution is 0.0585. The highest BCUT2D eigenvalue weighted by atomic mass is 35.5. The van der Waals surface area contributed by atoms with E-state index in [1.807, 2.05) is 24.3 Å². The Labute approximate surface area is 190 Å². The van der Waals surface area contributed by atoms with Crippen molar-refractivity contribution < 1.29 is 14.6 Å². The number of H-pyrrole nitrogens is 1. The molecule has 2 aromatic carbocycles. The van der Waals surface area contributed by atoms with Gasteiger partial charge in [0.05, 0.1) is 0 Å². The summed E-state index contributed by atoms with van der Waals surface area (Å²) in [6.45, 7) is 6.93. The highest BCUT2D eigenvalue weighted by Crippen LogP contribution is 2.33. The maximum absolute atomic E-state index is 10.5. The van der Waals surface area contributed by atoms with Crippen molar-refractivity contribution in [1.29, 1.82) is 0 Å². The third kappa shape index (κ3) is 5.82. The van der Waals surface area contributed by atoms with Crippen LogP contribution in [0.15, 0.2) is 67.4 Å². The van der Waals surface area contributed by atoms with E-state index in [4.69, 9.17) is 9.47 Å². The average Bonchev–Trinajstić information content (AvgIpc) is 3.21. The summed E-state index contributed by atoms with van der Waals surface area (Å²) in [6, 6.07) is 16.0. The molecule has 0 saturated carbocycles. The first kappa shape index (κ1) is 23.2. The molecule has 4 rings (SSSR count). The second-order valence-electron chi connectivity index (χ2n) is 7.88. The van der Waals surface area contributed by atoms with Crippen LogP contribution in [-0.4, -0.2) is 53.9 Å². The molecule has 5 nitrogen and oxygen atoms in total. The average molecular weight is 443 g/mol. The molecule has 31 heavy (non-hydrogen) atoms. The van der Waals surface area contributed by atoms with Crippen molar-refractivity contribution in [3.05, 3.63) is 72.9 Å². The number of aromatic nitrogens is 1. The first-order valence-electron chi connectivity index (χ1n) is 10.7. The van der Waals surface area contributed by atoms with Gasteiger partial charge in [-0.05, 0) is 55.6 Å². The molecule has 0 radical (unpaired) electrons. The lowest BCUT2D eigenvalue weighted by atomic mass is 9.89. The van der Waals surface area contributed by atoms with Gasteiger partial charge in [-0.2, -0.15) is 0 Å². The third-order valence-corrected chi connectivity index (χ3v) is 5.75. The van der Waals surface area contributed by atoms with Gasteiger partial charge in [0, 0.05) is 23.6 Å². The van der Waals surface area contributed by atoms with Crippen molar-refractivity contribution in [1.82, 2.24) is 9.88 Å². The molecule has 1 unspecified atom stereocenters. The number of piperidine rings is 1. The Bertz CT molecular complexity index is 966. The smallest absolute Gasteiger partial charge is 0.161 e. The Balaban J connectivity index is 0.00000272. The van der Waals surface area contributed by atoms with Gasteiger partial charge in [0.25, 0.3) is 0 Å². The zero-order chi connectivity index (χ0) is 20.8. The fraction of sp³-hybridized carbons (Fsp3) is 0.360. The van der Waals surface area contributed by atoms with Crippen LogP contribution in [0.4, 0.5) is 0 Å². The fourth-order valence-electron chi connectivity index (χ4n) is 4.23. The number of β-amino-alcohol motifs (C(OH)–C–C–N with tert-alkyl or cyclic N) is 1. The highest BCUT2D eigenvalue weighted by Gasteiger charge is 2.24. The highest BCUT2D eigenvalue weighted by molar-refractivity contribution is 5.85. The van der Waals surface area contributed by atoms with Crippen molar-refractivity contribution in [2.24, 2.45) is 0 Å². The summed E-state index contributed by atoms with van der Waals surface area (Å²) in [5.74, 6) is 1.89. The van der Waals surface area contributed by atoms with E-state index in [-0.39, 0.29) is 19.0 Å². The monoisotopic (exact) mass is 442 g/mol. The number of hydrogen-bond donors (Lipinski definition) is 2. The molecule has 0 spiro atoms. The minimum Gasteiger partial charge on any atom is -0.487 e. The summed E-state index contributed by atoms with van der Waals surface area (Å²) in [7, 11) is 0. The molecule has 1 aliphatic rings. The van der Waals surface area contributed by atoms with Crippen molar-refractivity contribution >= 4 is 23.3 Å². The number of ether oxygens (including phenoxy) is 2. The third-order valence-electron chi connectivity index (χ3n) is 5.75. The van der Waals surface area contributed by atoms with Gasteiger partial charge in [0.15, 0.2) is 11.5 Å². The summed E-state index contributed by atoms with van der Waals surface area (Å²) in [4.78, 5) is 5.73. The van der Waals surface area contributed by atoms with Crippen LogP contribution in [0.1, 0.15) is 24.3 Å². The number of rotatable bonds is 9. The minimum absolute atomic E-state index is 0. The number of likely N-dealkylation sites (tertiary alicyclic amines) is 1. The number of aliphatic hydroxyl groups excluding tert-OH is 1. The Morgan fingerprint density at radius 2 is 1.74 bits per heavy atom. The number of nitrogens with one attached hydrogen (secondary N) is 1. The molecule has 1 saturated heterocycles. The molecule has 2 N–H and O–H groups in total. The van der Waals surface area contributed by atoms with Crippen LogP contribution in [0, 0.1) is 0 Å². The number of nitrogens with zero attached hydrogens (tertiary/aromatic N) is 1. The van der Waals surface area contributed by atoms with Crippen LogP contribution >= 0.6 is 12.4 Å². The van der Waals surface area contributed by atoms with Crippen LogP contribution in [0.5, 0.6) is 11.5 Å². The number of aromatic amines is 1. The van der Waals surface area contributed by atoms with Gasteiger partial charge in [0.2, 0.25) is 0 Å². The number of aliphatic hydroxyl groups is 1. The largest absolute Gasteiger partial charge is 0.487 e. The van der Waals surface area contributed by atoms with Crippen LogP contribution < -0.4 is 9.47 Å². The van der Waals surface area contributed by atoms with E-state index in [0.717, 1.165) is 25.9 Å². The second kappa shape index (κ2) is 11.2. The molecule has 0 aliphatic carbocycles. The number of halogens is 1. The maximum Gasteiger partial charge on any atom is 0.161 e. The number of hydrogen-bond acceptors (Lipinski definition) is 4. The Kier molecular flexibility index (Phi) is 8.41. The van der Waals surface area contributed by atoms with Gasteiger partial charge >= 0.3 is 0 Å². The predicted molar refractivity (Wildman–Crippen MR) is 128 cm³/mol. The number of benzene rings is 2. The van der Waals surface area contributed by atoms with Crippen LogP contribution in [0.2, 0.25) is 0 Å². The molecule has 3 aromatic rings. The van der Waals surface area contributed by atoms with Crippen LogP contribution in [0.25, 0.3) is 10.9 Å². The molecule has 1 aromatic heterocycles. The van der Waals surface area contributed by atoms with Gasteiger partial charge < -0.3 is 24.5 Å². The summed E-state index contributed by atoms with van der Waals surface area (Å²) in [5, 5.41) is 11.8. The van der Waals surface area contributed by atoms with Crippen LogP contribution in [0.3, 0.4) is 0 Å². The van der Waals surface area contributed by atoms with Gasteiger partial charge in [-0.3, -0.25) is 0 Å². The van der Waals surface area contributed by atoms with E-state index in [2.05, 4.69) is 46.9 Å². The van der Waals surface area contributed by atoms with Gasteiger partial charge in [-0.25, -0.2) is 0 Å². The molecule has 166 valence electrons. The molecule has 0 amide bonds. The van der Waals surface area contributed by atoms with Crippen molar-refractivity contribution in [3.8, 4) is 11.5 Å². The second-order valence-corrected chi connectivity index (χ2v) is 7.88. The Morgan fingerprint density at radius 1 is 1.06 bits per heavy atom. The standard InChI is InChI=1S/C25H30N2O3.ClH/c1-2-15-29-24-9-5-6-10-25(24)30-18-20(28)17-27-13-11-19(12-14-27)22-16-26-23-8-4-3-7-21(22)23;/h2-10,16,19-20,26,28H,1,11-15,17-18H2;1H. The summed E-state index contributed by atoms with van der Waals surface area (Å²) >= 11 is 0. The maximum atomic E-state index is 10.5. The Hall–Kier alpha value is -2.47. The molecule has 1 fully saturated rings. The quantitative estimate of drug-likeness (QED) is 0.468. The zero-order valence-electron chi connectivity index (χ0n) is 17.7.